The fourth-order valence-corrected chi connectivity index (χ4v) is 13.0. The number of carbonyl (C=O) groups excluding carboxylic acids is 4. The lowest BCUT2D eigenvalue weighted by Crippen LogP contribution is -2.30. The average molecular weight is 1400 g/mol. The van der Waals surface area contributed by atoms with Crippen LogP contribution in [0.25, 0.3) is 0 Å². The number of unbranched alkanes of at least 4 members (excludes halogenated alkanes) is 36. The number of esters is 4. The molecule has 0 rings (SSSR count). The van der Waals surface area contributed by atoms with Gasteiger partial charge in [0.25, 0.3) is 0 Å². The van der Waals surface area contributed by atoms with Gasteiger partial charge in [0.1, 0.15) is 19.3 Å². The van der Waals surface area contributed by atoms with Crippen LogP contribution in [-0.2, 0) is 65.4 Å². The molecule has 0 aromatic carbocycles. The van der Waals surface area contributed by atoms with Gasteiger partial charge in [0.15, 0.2) is 12.2 Å². The molecule has 0 bridgehead atoms. The molecule has 0 aliphatic heterocycles. The molecule has 0 amide bonds. The lowest BCUT2D eigenvalue weighted by Gasteiger charge is -2.21. The van der Waals surface area contributed by atoms with E-state index < -0.39 is 97.5 Å². The second-order valence-corrected chi connectivity index (χ2v) is 31.5. The summed E-state index contributed by atoms with van der Waals surface area (Å²) in [6, 6.07) is 0. The normalized spacial score (nSPS) is 15.0. The van der Waals surface area contributed by atoms with Crippen LogP contribution in [0.3, 0.4) is 0 Å². The van der Waals surface area contributed by atoms with Crippen LogP contribution in [0.1, 0.15) is 383 Å². The van der Waals surface area contributed by atoms with Crippen molar-refractivity contribution in [3.05, 3.63) is 0 Å². The van der Waals surface area contributed by atoms with Crippen LogP contribution < -0.4 is 0 Å². The van der Waals surface area contributed by atoms with E-state index >= 15 is 0 Å². The van der Waals surface area contributed by atoms with Crippen LogP contribution in [0.4, 0.5) is 0 Å². The number of carbonyl (C=O) groups is 4. The first-order valence-corrected chi connectivity index (χ1v) is 42.3. The SMILES string of the molecule is CCC(C)CCCCCCCCCCC(=O)OC[C@H](COP(=O)(O)OC[C@@H](O)COP(=O)(O)OC[C@@H](COC(=O)CCCCCCCCC(C)CC)OC(=O)CCCCCCCCCCC(C)CC)OC(=O)CCCCCCCCCCCCCCCCCCCCC(C)C. The lowest BCUT2D eigenvalue weighted by atomic mass is 9.99. The summed E-state index contributed by atoms with van der Waals surface area (Å²) in [5.74, 6) is 0.974. The zero-order chi connectivity index (χ0) is 70.3. The first-order chi connectivity index (χ1) is 45.7. The Morgan fingerprint density at radius 2 is 0.505 bits per heavy atom. The topological polar surface area (TPSA) is 237 Å². The minimum atomic E-state index is -4.96. The molecule has 0 saturated heterocycles. The summed E-state index contributed by atoms with van der Waals surface area (Å²) in [6.07, 6.45) is 50.0. The van der Waals surface area contributed by atoms with Crippen molar-refractivity contribution in [3.8, 4) is 0 Å². The molecule has 0 heterocycles. The highest BCUT2D eigenvalue weighted by Gasteiger charge is 2.30. The summed E-state index contributed by atoms with van der Waals surface area (Å²) < 4.78 is 68.5. The van der Waals surface area contributed by atoms with E-state index in [0.717, 1.165) is 120 Å². The minimum Gasteiger partial charge on any atom is -0.462 e. The zero-order valence-corrected chi connectivity index (χ0v) is 64.1. The van der Waals surface area contributed by atoms with Gasteiger partial charge in [0, 0.05) is 25.7 Å². The Bertz CT molecular complexity index is 1870. The number of ether oxygens (including phenoxy) is 4. The van der Waals surface area contributed by atoms with Crippen molar-refractivity contribution >= 4 is 39.5 Å². The molecule has 19 heteroatoms. The first kappa shape index (κ1) is 93.1. The Morgan fingerprint density at radius 1 is 0.295 bits per heavy atom. The molecule has 0 aliphatic rings. The third-order valence-corrected chi connectivity index (χ3v) is 20.6. The van der Waals surface area contributed by atoms with Crippen LogP contribution in [0.5, 0.6) is 0 Å². The maximum absolute atomic E-state index is 13.1. The summed E-state index contributed by atoms with van der Waals surface area (Å²) in [5, 5.41) is 10.6. The van der Waals surface area contributed by atoms with Crippen LogP contribution in [0, 0.1) is 23.7 Å². The van der Waals surface area contributed by atoms with Gasteiger partial charge in [-0.25, -0.2) is 9.13 Å². The molecule has 0 aromatic rings. The summed E-state index contributed by atoms with van der Waals surface area (Å²) in [5.41, 5.74) is 0. The molecule has 564 valence electrons. The molecule has 0 aromatic heterocycles. The van der Waals surface area contributed by atoms with Gasteiger partial charge in [-0.1, -0.05) is 331 Å². The highest BCUT2D eigenvalue weighted by molar-refractivity contribution is 7.47. The predicted octanol–water partition coefficient (Wildman–Crippen LogP) is 22.0. The summed E-state index contributed by atoms with van der Waals surface area (Å²) >= 11 is 0. The van der Waals surface area contributed by atoms with Gasteiger partial charge in [-0.3, -0.25) is 37.3 Å². The van der Waals surface area contributed by atoms with E-state index in [1.165, 1.54) is 180 Å². The van der Waals surface area contributed by atoms with Gasteiger partial charge in [-0.05, 0) is 49.4 Å². The molecule has 17 nitrogen and oxygen atoms in total. The van der Waals surface area contributed by atoms with Gasteiger partial charge in [0.2, 0.25) is 0 Å². The molecule has 0 fully saturated rings. The standard InChI is InChI=1S/C76H148O17P2/c1-9-67(6)53-45-37-29-24-26-31-40-48-56-73(78)86-62-71(92-75(80)58-50-42-32-23-21-19-17-15-13-12-14-16-18-20-22-28-36-44-52-66(4)5)64-90-94(82,83)88-60-70(77)61-89-95(84,85)91-65-72(63-87-74(79)57-49-41-35-34-39-47-55-69(8)11-3)93-76(81)59-51-43-33-27-25-30-38-46-54-68(7)10-2/h66-72,77H,9-65H2,1-8H3,(H,82,83)(H,84,85)/t67?,68?,69?,70-,71-,72-/m1/s1. The fraction of sp³-hybridized carbons (Fsp3) is 0.947. The average Bonchev–Trinajstić information content (AvgIpc) is 3.12. The molecular weight excluding hydrogens is 1250 g/mol. The smallest absolute Gasteiger partial charge is 0.462 e. The fourth-order valence-electron chi connectivity index (χ4n) is 11.5. The number of rotatable bonds is 73. The molecule has 8 atom stereocenters. The van der Waals surface area contributed by atoms with E-state index in [4.69, 9.17) is 37.0 Å². The second kappa shape index (κ2) is 65.4. The molecule has 0 saturated carbocycles. The number of phosphoric acid groups is 2. The molecule has 5 unspecified atom stereocenters. The van der Waals surface area contributed by atoms with E-state index in [2.05, 4.69) is 55.4 Å². The first-order valence-electron chi connectivity index (χ1n) is 39.3. The van der Waals surface area contributed by atoms with Gasteiger partial charge >= 0.3 is 39.5 Å². The number of phosphoric ester groups is 2. The quantitative estimate of drug-likeness (QED) is 0.0222. The number of aliphatic hydroxyl groups excluding tert-OH is 1. The predicted molar refractivity (Wildman–Crippen MR) is 386 cm³/mol. The Hall–Kier alpha value is -1.94. The van der Waals surface area contributed by atoms with E-state index in [-0.39, 0.29) is 25.7 Å². The third-order valence-electron chi connectivity index (χ3n) is 18.7. The van der Waals surface area contributed by atoms with E-state index in [1.807, 2.05) is 0 Å². The molecule has 0 aliphatic carbocycles. The van der Waals surface area contributed by atoms with Crippen LogP contribution >= 0.6 is 15.6 Å². The van der Waals surface area contributed by atoms with Crippen LogP contribution in [-0.4, -0.2) is 96.7 Å². The molecule has 95 heavy (non-hydrogen) atoms. The number of aliphatic hydroxyl groups is 1. The molecule has 0 radical (unpaired) electrons. The number of hydrogen-bond donors (Lipinski definition) is 3. The monoisotopic (exact) mass is 1400 g/mol. The number of hydrogen-bond acceptors (Lipinski definition) is 15. The highest BCUT2D eigenvalue weighted by atomic mass is 31.2. The van der Waals surface area contributed by atoms with Gasteiger partial charge in [-0.15, -0.1) is 0 Å². The lowest BCUT2D eigenvalue weighted by molar-refractivity contribution is -0.161. The Labute approximate surface area is 581 Å². The maximum Gasteiger partial charge on any atom is 0.472 e. The van der Waals surface area contributed by atoms with Crippen molar-refractivity contribution in [2.24, 2.45) is 23.7 Å². The summed E-state index contributed by atoms with van der Waals surface area (Å²) in [6.45, 7) is 14.2. The largest absolute Gasteiger partial charge is 0.472 e. The molecular formula is C76H148O17P2. The van der Waals surface area contributed by atoms with E-state index in [9.17, 15) is 43.2 Å². The van der Waals surface area contributed by atoms with E-state index in [1.54, 1.807) is 0 Å². The Morgan fingerprint density at radius 3 is 0.747 bits per heavy atom. The summed E-state index contributed by atoms with van der Waals surface area (Å²) in [4.78, 5) is 72.8. The minimum absolute atomic E-state index is 0.104. The zero-order valence-electron chi connectivity index (χ0n) is 62.3. The van der Waals surface area contributed by atoms with Crippen molar-refractivity contribution in [1.29, 1.82) is 0 Å². The van der Waals surface area contributed by atoms with Crippen LogP contribution in [0.2, 0.25) is 0 Å². The van der Waals surface area contributed by atoms with Crippen molar-refractivity contribution in [2.45, 2.75) is 401 Å². The maximum atomic E-state index is 13.1. The van der Waals surface area contributed by atoms with Gasteiger partial charge < -0.3 is 33.8 Å². The van der Waals surface area contributed by atoms with Crippen molar-refractivity contribution in [1.82, 2.24) is 0 Å². The van der Waals surface area contributed by atoms with Crippen molar-refractivity contribution in [3.63, 3.8) is 0 Å². The van der Waals surface area contributed by atoms with E-state index in [0.29, 0.717) is 25.7 Å². The van der Waals surface area contributed by atoms with Crippen molar-refractivity contribution in [2.75, 3.05) is 39.6 Å². The van der Waals surface area contributed by atoms with Crippen LogP contribution in [0.15, 0.2) is 0 Å². The Kier molecular flexibility index (Phi) is 64.0. The summed E-state index contributed by atoms with van der Waals surface area (Å²) in [7, 11) is -9.91. The third kappa shape index (κ3) is 66.4. The highest BCUT2D eigenvalue weighted by Crippen LogP contribution is 2.45. The molecule has 3 N–H and O–H groups in total. The molecule has 0 spiro atoms. The van der Waals surface area contributed by atoms with Crippen molar-refractivity contribution < 1.29 is 80.2 Å². The van der Waals surface area contributed by atoms with Gasteiger partial charge in [-0.2, -0.15) is 0 Å². The second-order valence-electron chi connectivity index (χ2n) is 28.6. The van der Waals surface area contributed by atoms with Gasteiger partial charge in [0.05, 0.1) is 26.4 Å². The Balaban J connectivity index is 5.21.